The van der Waals surface area contributed by atoms with Crippen molar-refractivity contribution in [3.63, 3.8) is 0 Å². The van der Waals surface area contributed by atoms with Gasteiger partial charge in [-0.2, -0.15) is 13.2 Å². The number of aliphatic hydroxyl groups is 1. The van der Waals surface area contributed by atoms with Crippen molar-refractivity contribution in [3.8, 4) is 0 Å². The summed E-state index contributed by atoms with van der Waals surface area (Å²) in [5.41, 5.74) is 0.315. The van der Waals surface area contributed by atoms with Gasteiger partial charge in [0.25, 0.3) is 0 Å². The standard InChI is InChI=1S/C12H13F3N2O/c13-12(14,15)11-2-1-9(7-18)10(5-11)6-17-4-3-16-8-17/h1-5,16,18H,6-8H2. The van der Waals surface area contributed by atoms with E-state index < -0.39 is 11.7 Å². The Labute approximate surface area is 103 Å². The summed E-state index contributed by atoms with van der Waals surface area (Å²) >= 11 is 0. The first kappa shape index (κ1) is 12.8. The number of rotatable bonds is 3. The van der Waals surface area contributed by atoms with Crippen LogP contribution in [0.15, 0.2) is 30.6 Å². The fourth-order valence-electron chi connectivity index (χ4n) is 1.81. The Balaban J connectivity index is 2.27. The average Bonchev–Trinajstić information content (AvgIpc) is 2.80. The Kier molecular flexibility index (Phi) is 3.47. The molecule has 0 aliphatic carbocycles. The number of alkyl halides is 3. The van der Waals surface area contributed by atoms with Gasteiger partial charge in [0.2, 0.25) is 0 Å². The molecular weight excluding hydrogens is 245 g/mol. The fourth-order valence-corrected chi connectivity index (χ4v) is 1.81. The van der Waals surface area contributed by atoms with Gasteiger partial charge in [-0.25, -0.2) is 0 Å². The third-order valence-corrected chi connectivity index (χ3v) is 2.77. The van der Waals surface area contributed by atoms with E-state index >= 15 is 0 Å². The van der Waals surface area contributed by atoms with E-state index in [-0.39, 0.29) is 6.61 Å². The van der Waals surface area contributed by atoms with Crippen molar-refractivity contribution in [2.24, 2.45) is 0 Å². The van der Waals surface area contributed by atoms with Crippen molar-refractivity contribution in [1.29, 1.82) is 0 Å². The summed E-state index contributed by atoms with van der Waals surface area (Å²) in [6, 6.07) is 3.41. The Morgan fingerprint density at radius 2 is 2.06 bits per heavy atom. The quantitative estimate of drug-likeness (QED) is 0.870. The smallest absolute Gasteiger partial charge is 0.392 e. The zero-order chi connectivity index (χ0) is 13.2. The Morgan fingerprint density at radius 1 is 1.28 bits per heavy atom. The maximum absolute atomic E-state index is 12.6. The first-order chi connectivity index (χ1) is 8.50. The van der Waals surface area contributed by atoms with Crippen molar-refractivity contribution in [1.82, 2.24) is 10.2 Å². The molecule has 0 atom stereocenters. The molecule has 2 N–H and O–H groups in total. The van der Waals surface area contributed by atoms with Crippen LogP contribution in [0.4, 0.5) is 13.2 Å². The molecule has 3 nitrogen and oxygen atoms in total. The molecule has 0 saturated carbocycles. The molecule has 0 amide bonds. The third kappa shape index (κ3) is 2.76. The molecule has 0 spiro atoms. The maximum Gasteiger partial charge on any atom is 0.416 e. The Bertz CT molecular complexity index is 457. The predicted octanol–water partition coefficient (Wildman–Crippen LogP) is 2.03. The minimum absolute atomic E-state index is 0.265. The molecule has 0 aromatic heterocycles. The lowest BCUT2D eigenvalue weighted by Gasteiger charge is -2.18. The summed E-state index contributed by atoms with van der Waals surface area (Å²) < 4.78 is 37.8. The molecule has 0 saturated heterocycles. The molecule has 1 aliphatic rings. The van der Waals surface area contributed by atoms with E-state index in [1.807, 2.05) is 4.90 Å². The molecule has 1 aromatic carbocycles. The van der Waals surface area contributed by atoms with Crippen molar-refractivity contribution < 1.29 is 18.3 Å². The first-order valence-electron chi connectivity index (χ1n) is 5.44. The molecule has 1 heterocycles. The number of halogens is 3. The maximum atomic E-state index is 12.6. The largest absolute Gasteiger partial charge is 0.416 e. The molecule has 18 heavy (non-hydrogen) atoms. The van der Waals surface area contributed by atoms with Crippen LogP contribution < -0.4 is 5.32 Å². The molecule has 0 bridgehead atoms. The van der Waals surface area contributed by atoms with Gasteiger partial charge in [0, 0.05) is 18.9 Å². The molecular formula is C12H13F3N2O. The lowest BCUT2D eigenvalue weighted by molar-refractivity contribution is -0.137. The molecule has 2 rings (SSSR count). The first-order valence-corrected chi connectivity index (χ1v) is 5.44. The normalized spacial score (nSPS) is 15.0. The van der Waals surface area contributed by atoms with Crippen LogP contribution in [0, 0.1) is 0 Å². The highest BCUT2D eigenvalue weighted by molar-refractivity contribution is 5.33. The highest BCUT2D eigenvalue weighted by Crippen LogP contribution is 2.31. The van der Waals surface area contributed by atoms with Gasteiger partial charge in [0.15, 0.2) is 0 Å². The van der Waals surface area contributed by atoms with Gasteiger partial charge < -0.3 is 15.3 Å². The number of nitrogens with one attached hydrogen (secondary N) is 1. The molecule has 98 valence electrons. The molecule has 0 fully saturated rings. The zero-order valence-corrected chi connectivity index (χ0v) is 9.54. The van der Waals surface area contributed by atoms with Gasteiger partial charge >= 0.3 is 6.18 Å². The van der Waals surface area contributed by atoms with Gasteiger partial charge in [-0.15, -0.1) is 0 Å². The van der Waals surface area contributed by atoms with Gasteiger partial charge in [-0.3, -0.25) is 0 Å². The van der Waals surface area contributed by atoms with Crippen LogP contribution in [-0.4, -0.2) is 16.7 Å². The molecule has 0 unspecified atom stereocenters. The van der Waals surface area contributed by atoms with Crippen molar-refractivity contribution in [2.75, 3.05) is 6.67 Å². The van der Waals surface area contributed by atoms with E-state index in [1.54, 1.807) is 12.4 Å². The van der Waals surface area contributed by atoms with Crippen LogP contribution in [0.2, 0.25) is 0 Å². The summed E-state index contributed by atoms with van der Waals surface area (Å²) in [4.78, 5) is 1.83. The molecule has 0 radical (unpaired) electrons. The molecule has 1 aliphatic heterocycles. The Hall–Kier alpha value is -1.69. The zero-order valence-electron chi connectivity index (χ0n) is 9.54. The van der Waals surface area contributed by atoms with E-state index in [1.165, 1.54) is 6.07 Å². The number of benzene rings is 1. The summed E-state index contributed by atoms with van der Waals surface area (Å²) in [5.74, 6) is 0. The SMILES string of the molecule is OCc1ccc(C(F)(F)F)cc1CN1C=CNC1. The van der Waals surface area contributed by atoms with Crippen LogP contribution >= 0.6 is 0 Å². The lowest BCUT2D eigenvalue weighted by atomic mass is 10.0. The molecule has 1 aromatic rings. The average molecular weight is 258 g/mol. The number of nitrogens with zero attached hydrogens (tertiary/aromatic N) is 1. The van der Waals surface area contributed by atoms with Gasteiger partial charge in [-0.05, 0) is 23.3 Å². The molecule has 6 heteroatoms. The van der Waals surface area contributed by atoms with E-state index in [2.05, 4.69) is 5.32 Å². The van der Waals surface area contributed by atoms with Gasteiger partial charge in [-0.1, -0.05) is 6.07 Å². The van der Waals surface area contributed by atoms with Crippen molar-refractivity contribution in [2.45, 2.75) is 19.3 Å². The van der Waals surface area contributed by atoms with E-state index in [0.717, 1.165) is 12.1 Å². The van der Waals surface area contributed by atoms with Gasteiger partial charge in [0.05, 0.1) is 18.8 Å². The topological polar surface area (TPSA) is 35.5 Å². The van der Waals surface area contributed by atoms with Crippen LogP contribution in [0.5, 0.6) is 0 Å². The van der Waals surface area contributed by atoms with E-state index in [0.29, 0.717) is 24.3 Å². The second kappa shape index (κ2) is 4.89. The van der Waals surface area contributed by atoms with E-state index in [9.17, 15) is 13.2 Å². The van der Waals surface area contributed by atoms with Crippen LogP contribution in [-0.2, 0) is 19.3 Å². The number of aliphatic hydroxyl groups excluding tert-OH is 1. The highest BCUT2D eigenvalue weighted by atomic mass is 19.4. The van der Waals surface area contributed by atoms with Crippen LogP contribution in [0.1, 0.15) is 16.7 Å². The lowest BCUT2D eigenvalue weighted by Crippen LogP contribution is -2.21. The van der Waals surface area contributed by atoms with Crippen LogP contribution in [0.3, 0.4) is 0 Å². The summed E-state index contributed by atoms with van der Waals surface area (Å²) in [6.45, 7) is 0.628. The predicted molar refractivity (Wildman–Crippen MR) is 60.1 cm³/mol. The minimum Gasteiger partial charge on any atom is -0.392 e. The minimum atomic E-state index is -4.36. The number of hydrogen-bond acceptors (Lipinski definition) is 3. The second-order valence-electron chi connectivity index (χ2n) is 4.06. The highest BCUT2D eigenvalue weighted by Gasteiger charge is 2.31. The summed E-state index contributed by atoms with van der Waals surface area (Å²) in [5, 5.41) is 12.1. The van der Waals surface area contributed by atoms with Crippen LogP contribution in [0.25, 0.3) is 0 Å². The van der Waals surface area contributed by atoms with E-state index in [4.69, 9.17) is 5.11 Å². The van der Waals surface area contributed by atoms with Gasteiger partial charge in [0.1, 0.15) is 0 Å². The second-order valence-corrected chi connectivity index (χ2v) is 4.06. The summed E-state index contributed by atoms with van der Waals surface area (Å²) in [6.07, 6.45) is -0.866. The fraction of sp³-hybridized carbons (Fsp3) is 0.333. The number of hydrogen-bond donors (Lipinski definition) is 2. The van der Waals surface area contributed by atoms with Crippen molar-refractivity contribution >= 4 is 0 Å². The Morgan fingerprint density at radius 3 is 2.61 bits per heavy atom. The van der Waals surface area contributed by atoms with Crippen molar-refractivity contribution in [3.05, 3.63) is 47.3 Å². The third-order valence-electron chi connectivity index (χ3n) is 2.77. The monoisotopic (exact) mass is 258 g/mol. The summed E-state index contributed by atoms with van der Waals surface area (Å²) in [7, 11) is 0.